The molecule has 0 heterocycles. The van der Waals surface area contributed by atoms with Gasteiger partial charge >= 0.3 is 5.97 Å². The minimum Gasteiger partial charge on any atom is -0.508 e. The molecule has 0 aliphatic heterocycles. The van der Waals surface area contributed by atoms with Gasteiger partial charge in [0.2, 0.25) is 10.0 Å². The Bertz CT molecular complexity index is 511. The van der Waals surface area contributed by atoms with Gasteiger partial charge in [0.15, 0.2) is 5.75 Å². The van der Waals surface area contributed by atoms with E-state index < -0.39 is 21.7 Å². The quantitative estimate of drug-likeness (QED) is 0.789. The van der Waals surface area contributed by atoms with E-state index in [0.29, 0.717) is 5.56 Å². The van der Waals surface area contributed by atoms with Gasteiger partial charge in [0.05, 0.1) is 0 Å². The molecule has 1 aromatic carbocycles. The molecule has 7 heteroatoms. The van der Waals surface area contributed by atoms with Gasteiger partial charge in [-0.05, 0) is 6.07 Å². The number of phenols is 1. The summed E-state index contributed by atoms with van der Waals surface area (Å²) >= 11 is 0. The number of nitrogens with zero attached hydrogens (tertiary/aromatic N) is 1. The van der Waals surface area contributed by atoms with Crippen LogP contribution in [0.5, 0.6) is 5.75 Å². The van der Waals surface area contributed by atoms with E-state index in [1.54, 1.807) is 18.2 Å². The average Bonchev–Trinajstić information content (AvgIpc) is 2.19. The number of sulfonamides is 1. The molecule has 17 heavy (non-hydrogen) atoms. The zero-order valence-electron chi connectivity index (χ0n) is 9.20. The largest absolute Gasteiger partial charge is 0.508 e. The number of carbonyl (C=O) groups is 1. The predicted molar refractivity (Wildman–Crippen MR) is 61.0 cm³/mol. The third-order valence-electron chi connectivity index (χ3n) is 2.17. The molecular weight excluding hydrogens is 246 g/mol. The normalized spacial score (nSPS) is 11.6. The Labute approximate surface area is 99.2 Å². The first-order valence-corrected chi connectivity index (χ1v) is 6.36. The lowest BCUT2D eigenvalue weighted by atomic mass is 10.2. The van der Waals surface area contributed by atoms with Crippen molar-refractivity contribution in [1.82, 2.24) is 4.31 Å². The summed E-state index contributed by atoms with van der Waals surface area (Å²) in [5, 5.41) is 17.9. The molecule has 0 aliphatic rings. The van der Waals surface area contributed by atoms with E-state index in [1.165, 1.54) is 13.1 Å². The predicted octanol–water partition coefficient (Wildman–Crippen LogP) is 0.238. The van der Waals surface area contributed by atoms with Crippen LogP contribution in [-0.2, 0) is 21.4 Å². The van der Waals surface area contributed by atoms with Crippen molar-refractivity contribution in [2.45, 2.75) is 6.54 Å². The van der Waals surface area contributed by atoms with Crippen LogP contribution in [0.25, 0.3) is 0 Å². The van der Waals surface area contributed by atoms with Gasteiger partial charge in [0, 0.05) is 19.2 Å². The summed E-state index contributed by atoms with van der Waals surface area (Å²) in [6.45, 7) is -0.0672. The standard InChI is InChI=1S/C10H13NO5S/c1-11(17(15,16)7-10(13)14)6-8-4-2-3-5-9(8)12/h2-5,12H,6-7H2,1H3,(H,13,14). The van der Waals surface area contributed by atoms with Gasteiger partial charge in [-0.3, -0.25) is 4.79 Å². The summed E-state index contributed by atoms with van der Waals surface area (Å²) in [6, 6.07) is 6.28. The van der Waals surface area contributed by atoms with Crippen molar-refractivity contribution in [3.8, 4) is 5.75 Å². The maximum Gasteiger partial charge on any atom is 0.320 e. The zero-order valence-corrected chi connectivity index (χ0v) is 10.0. The number of aliphatic carboxylic acids is 1. The van der Waals surface area contributed by atoms with E-state index in [1.807, 2.05) is 0 Å². The van der Waals surface area contributed by atoms with E-state index in [0.717, 1.165) is 4.31 Å². The fourth-order valence-corrected chi connectivity index (χ4v) is 2.12. The minimum absolute atomic E-state index is 0.0233. The van der Waals surface area contributed by atoms with Gasteiger partial charge in [0.1, 0.15) is 5.75 Å². The third kappa shape index (κ3) is 3.72. The molecule has 2 N–H and O–H groups in total. The average molecular weight is 259 g/mol. The molecule has 1 rings (SSSR count). The topological polar surface area (TPSA) is 94.9 Å². The Balaban J connectivity index is 2.83. The van der Waals surface area contributed by atoms with Crippen LogP contribution in [0.3, 0.4) is 0 Å². The number of phenolic OH excluding ortho intramolecular Hbond substituents is 1. The summed E-state index contributed by atoms with van der Waals surface area (Å²) in [7, 11) is -2.58. The maximum absolute atomic E-state index is 11.5. The Morgan fingerprint density at radius 3 is 2.47 bits per heavy atom. The van der Waals surface area contributed by atoms with Crippen molar-refractivity contribution in [1.29, 1.82) is 0 Å². The number of carboxylic acids is 1. The van der Waals surface area contributed by atoms with Gasteiger partial charge in [-0.25, -0.2) is 8.42 Å². The molecule has 0 saturated heterocycles. The molecule has 1 aromatic rings. The molecule has 0 spiro atoms. The fraction of sp³-hybridized carbons (Fsp3) is 0.300. The minimum atomic E-state index is -3.85. The second-order valence-corrected chi connectivity index (χ2v) is 5.61. The summed E-state index contributed by atoms with van der Waals surface area (Å²) < 4.78 is 23.9. The lowest BCUT2D eigenvalue weighted by Crippen LogP contribution is -2.31. The van der Waals surface area contributed by atoms with E-state index in [-0.39, 0.29) is 12.3 Å². The number of para-hydroxylation sites is 1. The monoisotopic (exact) mass is 259 g/mol. The highest BCUT2D eigenvalue weighted by Gasteiger charge is 2.22. The third-order valence-corrected chi connectivity index (χ3v) is 3.86. The van der Waals surface area contributed by atoms with Crippen LogP contribution < -0.4 is 0 Å². The Morgan fingerprint density at radius 1 is 1.35 bits per heavy atom. The SMILES string of the molecule is CN(Cc1ccccc1O)S(=O)(=O)CC(=O)O. The van der Waals surface area contributed by atoms with Crippen LogP contribution >= 0.6 is 0 Å². The maximum atomic E-state index is 11.5. The summed E-state index contributed by atoms with van der Waals surface area (Å²) in [5.74, 6) is -2.39. The van der Waals surface area contributed by atoms with E-state index >= 15 is 0 Å². The van der Waals surface area contributed by atoms with Crippen LogP contribution in [0.2, 0.25) is 0 Å². The van der Waals surface area contributed by atoms with Crippen LogP contribution in [0.4, 0.5) is 0 Å². The van der Waals surface area contributed by atoms with Crippen LogP contribution in [0.1, 0.15) is 5.56 Å². The zero-order chi connectivity index (χ0) is 13.1. The second kappa shape index (κ2) is 5.15. The number of carboxylic acid groups (broad SMARTS) is 1. The van der Waals surface area contributed by atoms with E-state index in [2.05, 4.69) is 0 Å². The fourth-order valence-electron chi connectivity index (χ4n) is 1.25. The van der Waals surface area contributed by atoms with Crippen molar-refractivity contribution < 1.29 is 23.4 Å². The van der Waals surface area contributed by atoms with Crippen molar-refractivity contribution in [2.24, 2.45) is 0 Å². The van der Waals surface area contributed by atoms with E-state index in [4.69, 9.17) is 5.11 Å². The molecule has 0 saturated carbocycles. The molecule has 0 aromatic heterocycles. The van der Waals surface area contributed by atoms with Gasteiger partial charge in [-0.2, -0.15) is 4.31 Å². The molecule has 0 radical (unpaired) electrons. The van der Waals surface area contributed by atoms with Gasteiger partial charge < -0.3 is 10.2 Å². The van der Waals surface area contributed by atoms with Gasteiger partial charge in [-0.15, -0.1) is 0 Å². The summed E-state index contributed by atoms with van der Waals surface area (Å²) in [6.07, 6.45) is 0. The molecule has 0 atom stereocenters. The molecule has 0 aliphatic carbocycles. The summed E-state index contributed by atoms with van der Waals surface area (Å²) in [5.41, 5.74) is 0.420. The molecular formula is C10H13NO5S. The molecule has 0 amide bonds. The van der Waals surface area contributed by atoms with Crippen molar-refractivity contribution >= 4 is 16.0 Å². The smallest absolute Gasteiger partial charge is 0.320 e. The molecule has 0 unspecified atom stereocenters. The first-order chi connectivity index (χ1) is 7.83. The van der Waals surface area contributed by atoms with Crippen molar-refractivity contribution in [2.75, 3.05) is 12.8 Å². The highest BCUT2D eigenvalue weighted by molar-refractivity contribution is 7.89. The van der Waals surface area contributed by atoms with Gasteiger partial charge in [-0.1, -0.05) is 18.2 Å². The van der Waals surface area contributed by atoms with Crippen LogP contribution in [0, 0.1) is 0 Å². The number of rotatable bonds is 5. The lowest BCUT2D eigenvalue weighted by molar-refractivity contribution is -0.134. The Morgan fingerprint density at radius 2 is 1.94 bits per heavy atom. The first kappa shape index (κ1) is 13.5. The highest BCUT2D eigenvalue weighted by Crippen LogP contribution is 2.18. The van der Waals surface area contributed by atoms with Crippen LogP contribution in [-0.4, -0.2) is 41.7 Å². The molecule has 6 nitrogen and oxygen atoms in total. The van der Waals surface area contributed by atoms with Crippen molar-refractivity contribution in [3.63, 3.8) is 0 Å². The number of aromatic hydroxyl groups is 1. The van der Waals surface area contributed by atoms with Crippen molar-refractivity contribution in [3.05, 3.63) is 29.8 Å². The number of hydrogen-bond acceptors (Lipinski definition) is 4. The second-order valence-electron chi connectivity index (χ2n) is 3.53. The summed E-state index contributed by atoms with van der Waals surface area (Å²) in [4.78, 5) is 10.4. The van der Waals surface area contributed by atoms with Gasteiger partial charge in [0.25, 0.3) is 0 Å². The van der Waals surface area contributed by atoms with E-state index in [9.17, 15) is 18.3 Å². The first-order valence-electron chi connectivity index (χ1n) is 4.75. The Hall–Kier alpha value is -1.60. The Kier molecular flexibility index (Phi) is 4.08. The lowest BCUT2D eigenvalue weighted by Gasteiger charge is -2.16. The molecule has 0 bridgehead atoms. The highest BCUT2D eigenvalue weighted by atomic mass is 32.2. The molecule has 94 valence electrons. The number of hydrogen-bond donors (Lipinski definition) is 2. The molecule has 0 fully saturated rings. The number of benzene rings is 1. The van der Waals surface area contributed by atoms with Crippen LogP contribution in [0.15, 0.2) is 24.3 Å².